The lowest BCUT2D eigenvalue weighted by atomic mass is 9.85. The van der Waals surface area contributed by atoms with Crippen molar-refractivity contribution in [3.63, 3.8) is 0 Å². The van der Waals surface area contributed by atoms with Crippen molar-refractivity contribution in [1.82, 2.24) is 5.32 Å². The van der Waals surface area contributed by atoms with E-state index >= 15 is 0 Å². The summed E-state index contributed by atoms with van der Waals surface area (Å²) >= 11 is 0. The molecule has 1 aromatic rings. The van der Waals surface area contributed by atoms with Crippen LogP contribution in [0.2, 0.25) is 0 Å². The summed E-state index contributed by atoms with van der Waals surface area (Å²) in [6.45, 7) is 3.10. The molecule has 21 heavy (non-hydrogen) atoms. The van der Waals surface area contributed by atoms with Crippen LogP contribution in [0.5, 0.6) is 0 Å². The smallest absolute Gasteiger partial charge is 0.377 e. The van der Waals surface area contributed by atoms with Crippen LogP contribution in [-0.4, -0.2) is 32.0 Å². The van der Waals surface area contributed by atoms with E-state index in [9.17, 15) is 13.2 Å². The second-order valence-corrected chi connectivity index (χ2v) is 5.11. The fourth-order valence-electron chi connectivity index (χ4n) is 2.53. The lowest BCUT2D eigenvalue weighted by molar-refractivity contribution is -0.137. The predicted molar refractivity (Wildman–Crippen MR) is 72.9 cm³/mol. The first kappa shape index (κ1) is 16.3. The SMILES string of the molecule is CCOC1CC(NCc2ccc(C(F)(F)F)cc2)C1OC. The molecular weight excluding hydrogens is 283 g/mol. The summed E-state index contributed by atoms with van der Waals surface area (Å²) in [5.74, 6) is 0. The normalized spacial score (nSPS) is 25.7. The molecule has 1 saturated carbocycles. The molecular formula is C15H20F3NO2. The average Bonchev–Trinajstić information content (AvgIpc) is 2.42. The van der Waals surface area contributed by atoms with E-state index in [0.29, 0.717) is 13.2 Å². The standard InChI is InChI=1S/C15H20F3NO2/c1-3-21-13-8-12(14(13)20-2)19-9-10-4-6-11(7-5-10)15(16,17)18/h4-7,12-14,19H,3,8-9H2,1-2H3. The Morgan fingerprint density at radius 3 is 2.43 bits per heavy atom. The van der Waals surface area contributed by atoms with Gasteiger partial charge >= 0.3 is 6.18 Å². The minimum Gasteiger partial charge on any atom is -0.377 e. The fourth-order valence-corrected chi connectivity index (χ4v) is 2.53. The molecule has 6 heteroatoms. The first-order valence-corrected chi connectivity index (χ1v) is 6.99. The Morgan fingerprint density at radius 1 is 1.24 bits per heavy atom. The molecule has 1 fully saturated rings. The molecule has 118 valence electrons. The first-order valence-electron chi connectivity index (χ1n) is 6.99. The molecule has 1 aliphatic rings. The highest BCUT2D eigenvalue weighted by Gasteiger charge is 2.41. The van der Waals surface area contributed by atoms with Crippen LogP contribution in [0.15, 0.2) is 24.3 Å². The third kappa shape index (κ3) is 3.96. The van der Waals surface area contributed by atoms with Gasteiger partial charge < -0.3 is 14.8 Å². The van der Waals surface area contributed by atoms with Gasteiger partial charge in [0.25, 0.3) is 0 Å². The van der Waals surface area contributed by atoms with Crippen LogP contribution < -0.4 is 5.32 Å². The van der Waals surface area contributed by atoms with Crippen molar-refractivity contribution in [3.05, 3.63) is 35.4 Å². The number of ether oxygens (including phenoxy) is 2. The number of hydrogen-bond donors (Lipinski definition) is 1. The van der Waals surface area contributed by atoms with Crippen molar-refractivity contribution in [2.24, 2.45) is 0 Å². The van der Waals surface area contributed by atoms with Gasteiger partial charge in [-0.05, 0) is 31.0 Å². The highest BCUT2D eigenvalue weighted by molar-refractivity contribution is 5.24. The Hall–Kier alpha value is -1.11. The number of methoxy groups -OCH3 is 1. The van der Waals surface area contributed by atoms with Crippen LogP contribution in [0.1, 0.15) is 24.5 Å². The number of alkyl halides is 3. The number of halogens is 3. The molecule has 3 atom stereocenters. The van der Waals surface area contributed by atoms with Crippen molar-refractivity contribution < 1.29 is 22.6 Å². The van der Waals surface area contributed by atoms with E-state index in [0.717, 1.165) is 24.1 Å². The summed E-state index contributed by atoms with van der Waals surface area (Å²) in [5, 5.41) is 3.30. The van der Waals surface area contributed by atoms with Gasteiger partial charge in [0.2, 0.25) is 0 Å². The van der Waals surface area contributed by atoms with Gasteiger partial charge in [-0.2, -0.15) is 13.2 Å². The van der Waals surface area contributed by atoms with Crippen LogP contribution in [-0.2, 0) is 22.2 Å². The maximum atomic E-state index is 12.5. The zero-order chi connectivity index (χ0) is 15.5. The van der Waals surface area contributed by atoms with Crippen LogP contribution in [0, 0.1) is 0 Å². The zero-order valence-corrected chi connectivity index (χ0v) is 12.1. The minimum atomic E-state index is -4.29. The van der Waals surface area contributed by atoms with E-state index in [1.54, 1.807) is 7.11 Å². The largest absolute Gasteiger partial charge is 0.416 e. The van der Waals surface area contributed by atoms with Crippen LogP contribution in [0.3, 0.4) is 0 Å². The Bertz CT molecular complexity index is 447. The summed E-state index contributed by atoms with van der Waals surface area (Å²) in [7, 11) is 1.64. The molecule has 1 aromatic carbocycles. The second kappa shape index (κ2) is 6.77. The summed E-state index contributed by atoms with van der Waals surface area (Å²) in [5.41, 5.74) is 0.193. The van der Waals surface area contributed by atoms with Crippen LogP contribution in [0.25, 0.3) is 0 Å². The molecule has 1 N–H and O–H groups in total. The second-order valence-electron chi connectivity index (χ2n) is 5.11. The third-order valence-corrected chi connectivity index (χ3v) is 3.75. The van der Waals surface area contributed by atoms with Gasteiger partial charge in [0.1, 0.15) is 0 Å². The number of nitrogens with one attached hydrogen (secondary N) is 1. The van der Waals surface area contributed by atoms with E-state index in [1.165, 1.54) is 12.1 Å². The zero-order valence-electron chi connectivity index (χ0n) is 12.1. The lowest BCUT2D eigenvalue weighted by Gasteiger charge is -2.43. The Kier molecular flexibility index (Phi) is 5.24. The summed E-state index contributed by atoms with van der Waals surface area (Å²) in [4.78, 5) is 0. The number of hydrogen-bond acceptors (Lipinski definition) is 3. The molecule has 0 radical (unpaired) electrons. The van der Waals surface area contributed by atoms with Crippen molar-refractivity contribution in [3.8, 4) is 0 Å². The Morgan fingerprint density at radius 2 is 1.90 bits per heavy atom. The molecule has 0 aromatic heterocycles. The summed E-state index contributed by atoms with van der Waals surface area (Å²) < 4.78 is 48.3. The summed E-state index contributed by atoms with van der Waals surface area (Å²) in [6.07, 6.45) is -3.33. The molecule has 1 aliphatic carbocycles. The molecule has 0 aliphatic heterocycles. The van der Waals surface area contributed by atoms with Crippen molar-refractivity contribution in [2.75, 3.05) is 13.7 Å². The Balaban J connectivity index is 1.84. The van der Waals surface area contributed by atoms with Crippen LogP contribution >= 0.6 is 0 Å². The van der Waals surface area contributed by atoms with Gasteiger partial charge in [-0.15, -0.1) is 0 Å². The molecule has 0 amide bonds. The fraction of sp³-hybridized carbons (Fsp3) is 0.600. The highest BCUT2D eigenvalue weighted by atomic mass is 19.4. The van der Waals surface area contributed by atoms with Gasteiger partial charge in [0.15, 0.2) is 0 Å². The topological polar surface area (TPSA) is 30.5 Å². The Labute approximate surface area is 122 Å². The molecule has 2 rings (SSSR count). The molecule has 3 unspecified atom stereocenters. The van der Waals surface area contributed by atoms with E-state index in [2.05, 4.69) is 5.32 Å². The highest BCUT2D eigenvalue weighted by Crippen LogP contribution is 2.30. The van der Waals surface area contributed by atoms with E-state index in [-0.39, 0.29) is 18.2 Å². The number of benzene rings is 1. The lowest BCUT2D eigenvalue weighted by Crippen LogP contribution is -2.59. The van der Waals surface area contributed by atoms with E-state index in [1.807, 2.05) is 6.92 Å². The van der Waals surface area contributed by atoms with E-state index < -0.39 is 11.7 Å². The number of rotatable bonds is 6. The van der Waals surface area contributed by atoms with Crippen molar-refractivity contribution >= 4 is 0 Å². The van der Waals surface area contributed by atoms with E-state index in [4.69, 9.17) is 9.47 Å². The first-order chi connectivity index (χ1) is 9.95. The summed E-state index contributed by atoms with van der Waals surface area (Å²) in [6, 6.07) is 5.38. The molecule has 0 saturated heterocycles. The maximum Gasteiger partial charge on any atom is 0.416 e. The van der Waals surface area contributed by atoms with Gasteiger partial charge in [-0.1, -0.05) is 12.1 Å². The molecule has 0 heterocycles. The van der Waals surface area contributed by atoms with Gasteiger partial charge in [-0.25, -0.2) is 0 Å². The van der Waals surface area contributed by atoms with Gasteiger partial charge in [0.05, 0.1) is 17.8 Å². The third-order valence-electron chi connectivity index (χ3n) is 3.75. The molecule has 3 nitrogen and oxygen atoms in total. The van der Waals surface area contributed by atoms with Crippen molar-refractivity contribution in [1.29, 1.82) is 0 Å². The van der Waals surface area contributed by atoms with Crippen LogP contribution in [0.4, 0.5) is 13.2 Å². The molecule has 0 bridgehead atoms. The van der Waals surface area contributed by atoms with Crippen molar-refractivity contribution in [2.45, 2.75) is 44.3 Å². The van der Waals surface area contributed by atoms with Gasteiger partial charge in [0, 0.05) is 26.3 Å². The maximum absolute atomic E-state index is 12.5. The monoisotopic (exact) mass is 303 g/mol. The molecule has 0 spiro atoms. The predicted octanol–water partition coefficient (Wildman–Crippen LogP) is 2.99. The minimum absolute atomic E-state index is 0.000557. The average molecular weight is 303 g/mol. The van der Waals surface area contributed by atoms with Gasteiger partial charge in [-0.3, -0.25) is 0 Å². The quantitative estimate of drug-likeness (QED) is 0.876.